The minimum atomic E-state index is -0.103. The lowest BCUT2D eigenvalue weighted by molar-refractivity contribution is -0.118. The highest BCUT2D eigenvalue weighted by molar-refractivity contribution is 6.33. The first-order chi connectivity index (χ1) is 7.17. The molecule has 1 amide bonds. The van der Waals surface area contributed by atoms with Crippen LogP contribution < -0.4 is 15.4 Å². The smallest absolute Gasteiger partial charge is 0.239 e. The predicted molar refractivity (Wildman–Crippen MR) is 60.6 cm³/mol. The number of ether oxygens (including phenoxy) is 1. The lowest BCUT2D eigenvalue weighted by Gasteiger charge is -2.09. The van der Waals surface area contributed by atoms with Crippen molar-refractivity contribution in [3.05, 3.63) is 23.2 Å². The lowest BCUT2D eigenvalue weighted by atomic mass is 10.3. The van der Waals surface area contributed by atoms with Crippen molar-refractivity contribution in [2.45, 2.75) is 0 Å². The molecule has 0 fully saturated rings. The van der Waals surface area contributed by atoms with E-state index in [1.807, 2.05) is 0 Å². The van der Waals surface area contributed by atoms with Gasteiger partial charge in [0, 0.05) is 13.1 Å². The number of amides is 1. The average molecular weight is 229 g/mol. The maximum absolute atomic E-state index is 11.0. The zero-order chi connectivity index (χ0) is 11.3. The van der Waals surface area contributed by atoms with Crippen molar-refractivity contribution in [3.63, 3.8) is 0 Å². The van der Waals surface area contributed by atoms with Gasteiger partial charge >= 0.3 is 0 Å². The van der Waals surface area contributed by atoms with Crippen molar-refractivity contribution >= 4 is 23.2 Å². The lowest BCUT2D eigenvalue weighted by Crippen LogP contribution is -2.26. The summed E-state index contributed by atoms with van der Waals surface area (Å²) in [6, 6.07) is 5.21. The maximum atomic E-state index is 11.0. The molecule has 0 aliphatic heterocycles. The Hall–Kier alpha value is -1.42. The summed E-state index contributed by atoms with van der Waals surface area (Å²) in [7, 11) is 3.16. The van der Waals surface area contributed by atoms with Gasteiger partial charge in [0.15, 0.2) is 0 Å². The Morgan fingerprint density at radius 2 is 2.27 bits per heavy atom. The van der Waals surface area contributed by atoms with Crippen LogP contribution in [0.15, 0.2) is 18.2 Å². The van der Waals surface area contributed by atoms with Crippen LogP contribution in [-0.4, -0.2) is 26.6 Å². The third kappa shape index (κ3) is 3.32. The van der Waals surface area contributed by atoms with E-state index >= 15 is 0 Å². The summed E-state index contributed by atoms with van der Waals surface area (Å²) in [5.41, 5.74) is 0.680. The fourth-order valence-corrected chi connectivity index (χ4v) is 1.22. The average Bonchev–Trinajstić information content (AvgIpc) is 2.27. The number of likely N-dealkylation sites (N-methyl/N-ethyl adjacent to an activating group) is 1. The number of benzene rings is 1. The molecule has 2 N–H and O–H groups in total. The summed E-state index contributed by atoms with van der Waals surface area (Å²) in [6.07, 6.45) is 0. The first-order valence-corrected chi connectivity index (χ1v) is 4.83. The molecule has 15 heavy (non-hydrogen) atoms. The predicted octanol–water partition coefficient (Wildman–Crippen LogP) is 1.51. The summed E-state index contributed by atoms with van der Waals surface area (Å²) >= 11 is 5.93. The van der Waals surface area contributed by atoms with E-state index in [2.05, 4.69) is 10.6 Å². The second-order valence-corrected chi connectivity index (χ2v) is 3.28. The number of rotatable bonds is 4. The third-order valence-electron chi connectivity index (χ3n) is 1.89. The highest BCUT2D eigenvalue weighted by Gasteiger charge is 2.03. The number of hydrogen-bond acceptors (Lipinski definition) is 3. The minimum Gasteiger partial charge on any atom is -0.497 e. The molecule has 0 bridgehead atoms. The fourth-order valence-electron chi connectivity index (χ4n) is 1.03. The summed E-state index contributed by atoms with van der Waals surface area (Å²) < 4.78 is 5.04. The largest absolute Gasteiger partial charge is 0.497 e. The highest BCUT2D eigenvalue weighted by Crippen LogP contribution is 2.26. The Bertz CT molecular complexity index is 355. The van der Waals surface area contributed by atoms with E-state index in [9.17, 15) is 4.79 Å². The van der Waals surface area contributed by atoms with Gasteiger partial charge in [-0.1, -0.05) is 11.6 Å². The molecule has 0 spiro atoms. The summed E-state index contributed by atoms with van der Waals surface area (Å²) in [5, 5.41) is 5.98. The van der Waals surface area contributed by atoms with Crippen LogP contribution in [0, 0.1) is 0 Å². The van der Waals surface area contributed by atoms with Gasteiger partial charge in [-0.25, -0.2) is 0 Å². The van der Waals surface area contributed by atoms with Gasteiger partial charge in [-0.2, -0.15) is 0 Å². The van der Waals surface area contributed by atoms with Gasteiger partial charge in [-0.3, -0.25) is 4.79 Å². The van der Waals surface area contributed by atoms with Gasteiger partial charge in [0.2, 0.25) is 5.91 Å². The molecule has 82 valence electrons. The first kappa shape index (κ1) is 11.7. The van der Waals surface area contributed by atoms with E-state index in [-0.39, 0.29) is 12.5 Å². The standard InChI is InChI=1S/C10H13ClN2O2/c1-12-10(14)6-13-9-5-7(15-2)3-4-8(9)11/h3-5,13H,6H2,1-2H3,(H,12,14). The molecule has 0 saturated carbocycles. The van der Waals surface area contributed by atoms with E-state index in [1.165, 1.54) is 0 Å². The van der Waals surface area contributed by atoms with E-state index in [1.54, 1.807) is 32.4 Å². The topological polar surface area (TPSA) is 50.4 Å². The molecule has 0 heterocycles. The number of anilines is 1. The van der Waals surface area contributed by atoms with E-state index in [0.29, 0.717) is 16.5 Å². The molecule has 0 aromatic heterocycles. The Morgan fingerprint density at radius 3 is 2.87 bits per heavy atom. The van der Waals surface area contributed by atoms with Crippen molar-refractivity contribution in [1.29, 1.82) is 0 Å². The number of carbonyl (C=O) groups excluding carboxylic acids is 1. The van der Waals surface area contributed by atoms with Crippen LogP contribution in [0.2, 0.25) is 5.02 Å². The van der Waals surface area contributed by atoms with Crippen molar-refractivity contribution in [3.8, 4) is 5.75 Å². The van der Waals surface area contributed by atoms with Gasteiger partial charge in [-0.05, 0) is 12.1 Å². The van der Waals surface area contributed by atoms with Crippen LogP contribution in [-0.2, 0) is 4.79 Å². The molecule has 0 aliphatic rings. The highest BCUT2D eigenvalue weighted by atomic mass is 35.5. The SMILES string of the molecule is CNC(=O)CNc1cc(OC)ccc1Cl. The summed E-state index contributed by atoms with van der Waals surface area (Å²) in [6.45, 7) is 0.184. The molecule has 1 rings (SSSR count). The van der Waals surface area contributed by atoms with Crippen LogP contribution in [0.4, 0.5) is 5.69 Å². The molecule has 0 atom stereocenters. The molecule has 1 aromatic carbocycles. The molecule has 0 aliphatic carbocycles. The Kier molecular flexibility index (Phi) is 4.24. The van der Waals surface area contributed by atoms with Crippen molar-refractivity contribution in [2.75, 3.05) is 26.0 Å². The Labute approximate surface area is 93.6 Å². The quantitative estimate of drug-likeness (QED) is 0.821. The number of hydrogen-bond donors (Lipinski definition) is 2. The molecule has 0 unspecified atom stereocenters. The van der Waals surface area contributed by atoms with Crippen LogP contribution in [0.3, 0.4) is 0 Å². The zero-order valence-corrected chi connectivity index (χ0v) is 9.39. The van der Waals surface area contributed by atoms with E-state index < -0.39 is 0 Å². The van der Waals surface area contributed by atoms with E-state index in [4.69, 9.17) is 16.3 Å². The van der Waals surface area contributed by atoms with Crippen molar-refractivity contribution in [1.82, 2.24) is 5.32 Å². The molecule has 0 saturated heterocycles. The maximum Gasteiger partial charge on any atom is 0.239 e. The van der Waals surface area contributed by atoms with Gasteiger partial charge < -0.3 is 15.4 Å². The summed E-state index contributed by atoms with van der Waals surface area (Å²) in [5.74, 6) is 0.590. The van der Waals surface area contributed by atoms with Gasteiger partial charge in [0.25, 0.3) is 0 Å². The van der Waals surface area contributed by atoms with Crippen molar-refractivity contribution < 1.29 is 9.53 Å². The van der Waals surface area contributed by atoms with Crippen LogP contribution in [0.1, 0.15) is 0 Å². The number of carbonyl (C=O) groups is 1. The van der Waals surface area contributed by atoms with Gasteiger partial charge in [0.05, 0.1) is 24.4 Å². The van der Waals surface area contributed by atoms with Crippen LogP contribution in [0.5, 0.6) is 5.75 Å². The van der Waals surface area contributed by atoms with Gasteiger partial charge in [-0.15, -0.1) is 0 Å². The molecule has 0 radical (unpaired) electrons. The molecule has 1 aromatic rings. The minimum absolute atomic E-state index is 0.103. The normalized spacial score (nSPS) is 9.53. The zero-order valence-electron chi connectivity index (χ0n) is 8.63. The third-order valence-corrected chi connectivity index (χ3v) is 2.22. The summed E-state index contributed by atoms with van der Waals surface area (Å²) in [4.78, 5) is 11.0. The van der Waals surface area contributed by atoms with Crippen molar-refractivity contribution in [2.24, 2.45) is 0 Å². The number of nitrogens with one attached hydrogen (secondary N) is 2. The second-order valence-electron chi connectivity index (χ2n) is 2.87. The van der Waals surface area contributed by atoms with Crippen LogP contribution >= 0.6 is 11.6 Å². The Balaban J connectivity index is 2.70. The molecule has 5 heteroatoms. The number of halogens is 1. The fraction of sp³-hybridized carbons (Fsp3) is 0.300. The molecular formula is C10H13ClN2O2. The molecule has 4 nitrogen and oxygen atoms in total. The Morgan fingerprint density at radius 1 is 1.53 bits per heavy atom. The number of methoxy groups -OCH3 is 1. The first-order valence-electron chi connectivity index (χ1n) is 4.45. The van der Waals surface area contributed by atoms with E-state index in [0.717, 1.165) is 0 Å². The van der Waals surface area contributed by atoms with Crippen LogP contribution in [0.25, 0.3) is 0 Å². The van der Waals surface area contributed by atoms with Gasteiger partial charge in [0.1, 0.15) is 5.75 Å². The monoisotopic (exact) mass is 228 g/mol. The molecular weight excluding hydrogens is 216 g/mol. The second kappa shape index (κ2) is 5.46.